The van der Waals surface area contributed by atoms with E-state index in [1.165, 1.54) is 0 Å². The van der Waals surface area contributed by atoms with Crippen molar-refractivity contribution in [1.82, 2.24) is 0 Å². The molecule has 0 saturated carbocycles. The van der Waals surface area contributed by atoms with Gasteiger partial charge in [0.2, 0.25) is 0 Å². The van der Waals surface area contributed by atoms with Crippen molar-refractivity contribution < 1.29 is 65.6 Å². The number of hydrogen-bond acceptors (Lipinski definition) is 0. The molecule has 0 rings (SSSR count). The molecule has 0 aromatic heterocycles. The van der Waals surface area contributed by atoms with E-state index in [0.29, 0.717) is 0 Å². The van der Waals surface area contributed by atoms with Crippen molar-refractivity contribution in [3.63, 3.8) is 0 Å². The first-order chi connectivity index (χ1) is 0. The molecule has 0 N–H and O–H groups in total. The molecule has 0 aliphatic carbocycles. The van der Waals surface area contributed by atoms with Gasteiger partial charge in [0.25, 0.3) is 0 Å². The first kappa shape index (κ1) is 29.2. The summed E-state index contributed by atoms with van der Waals surface area (Å²) in [5, 5.41) is 0. The Bertz CT molecular complexity index is 13.5. The van der Waals surface area contributed by atoms with Crippen molar-refractivity contribution in [3.05, 3.63) is 0 Å². The van der Waals surface area contributed by atoms with E-state index >= 15 is 0 Å². The summed E-state index contributed by atoms with van der Waals surface area (Å²) in [7, 11) is 0. The van der Waals surface area contributed by atoms with E-state index in [1.54, 1.807) is 0 Å². The largest absolute Gasteiger partial charge is 2.00 e. The van der Waals surface area contributed by atoms with Gasteiger partial charge in [-0.2, -0.15) is 0 Å². The third-order valence-corrected chi connectivity index (χ3v) is 0. The van der Waals surface area contributed by atoms with Crippen LogP contribution in [0.5, 0.6) is 0 Å². The fourth-order valence-corrected chi connectivity index (χ4v) is 0. The van der Waals surface area contributed by atoms with E-state index in [1.807, 2.05) is 0 Å². The molecule has 4 heavy (non-hydrogen) atoms. The maximum Gasteiger partial charge on any atom is 2.00 e. The second kappa shape index (κ2) is 17.1. The third kappa shape index (κ3) is 8.84. The van der Waals surface area contributed by atoms with Crippen LogP contribution in [0, 0.1) is 0 Å². The van der Waals surface area contributed by atoms with Gasteiger partial charge in [0, 0.05) is 62.8 Å². The molecule has 18 valence electrons. The Balaban J connectivity index is 0. The average molecular weight is 239 g/mol. The molecular formula is H2FeMgZnZr. The maximum absolute atomic E-state index is 0. The smallest absolute Gasteiger partial charge is 1.00 e. The number of hydrogen-bond donors (Lipinski definition) is 0. The Hall–Kier alpha value is 2.79. The summed E-state index contributed by atoms with van der Waals surface area (Å²) in [5.74, 6) is 0. The van der Waals surface area contributed by atoms with E-state index in [2.05, 4.69) is 0 Å². The molecule has 0 spiro atoms. The molecule has 0 aliphatic rings. The van der Waals surface area contributed by atoms with Crippen molar-refractivity contribution in [1.29, 1.82) is 0 Å². The quantitative estimate of drug-likeness (QED) is 0.515. The molecule has 0 nitrogen and oxygen atoms in total. The van der Waals surface area contributed by atoms with Crippen molar-refractivity contribution >= 4 is 23.1 Å². The molecule has 0 fully saturated rings. The van der Waals surface area contributed by atoms with E-state index in [9.17, 15) is 0 Å². The van der Waals surface area contributed by atoms with E-state index in [-0.39, 0.29) is 88.7 Å². The predicted octanol–water partition coefficient (Wildman–Crippen LogP) is -0.163. The zero-order valence-electron chi connectivity index (χ0n) is 4.27. The molecule has 0 unspecified atom stereocenters. The molecule has 0 saturated heterocycles. The molecule has 0 atom stereocenters. The van der Waals surface area contributed by atoms with Crippen molar-refractivity contribution in [2.45, 2.75) is 0 Å². The van der Waals surface area contributed by atoms with Gasteiger partial charge in [0.1, 0.15) is 0 Å². The monoisotopic (exact) mass is 236 g/mol. The van der Waals surface area contributed by atoms with Gasteiger partial charge in [-0.3, -0.25) is 0 Å². The van der Waals surface area contributed by atoms with E-state index in [4.69, 9.17) is 0 Å². The molecule has 0 radical (unpaired) electrons. The zero-order valence-corrected chi connectivity index (χ0v) is 10.2. The average Bonchev–Trinajstić information content (AvgIpc) is 0. The normalized spacial score (nSPS) is 0. The van der Waals surface area contributed by atoms with Gasteiger partial charge in [-0.25, -0.2) is 0 Å². The van der Waals surface area contributed by atoms with Crippen LogP contribution in [0.25, 0.3) is 0 Å². The second-order valence-electron chi connectivity index (χ2n) is 0. The van der Waals surface area contributed by atoms with Crippen LogP contribution in [0.15, 0.2) is 0 Å². The van der Waals surface area contributed by atoms with Gasteiger partial charge < -0.3 is 2.85 Å². The summed E-state index contributed by atoms with van der Waals surface area (Å²) < 4.78 is 0. The third-order valence-electron chi connectivity index (χ3n) is 0. The fraction of sp³-hybridized carbons (Fsp3) is 0. The molecule has 0 aromatic rings. The molecule has 0 heterocycles. The fourth-order valence-electron chi connectivity index (χ4n) is 0. The zero-order chi connectivity index (χ0) is 0. The van der Waals surface area contributed by atoms with Gasteiger partial charge >= 0.3 is 23.1 Å². The summed E-state index contributed by atoms with van der Waals surface area (Å²) in [6, 6.07) is 0. The van der Waals surface area contributed by atoms with Crippen LogP contribution < -0.4 is 0 Å². The minimum atomic E-state index is 0. The summed E-state index contributed by atoms with van der Waals surface area (Å²) in [6.45, 7) is 0. The van der Waals surface area contributed by atoms with Crippen LogP contribution in [0.4, 0.5) is 0 Å². The summed E-state index contributed by atoms with van der Waals surface area (Å²) in [5.41, 5.74) is 0. The Morgan fingerprint density at radius 2 is 1.25 bits per heavy atom. The van der Waals surface area contributed by atoms with Crippen molar-refractivity contribution in [3.8, 4) is 0 Å². The minimum absolute atomic E-state index is 0. The Kier molecular flexibility index (Phi) is 125. The van der Waals surface area contributed by atoms with Crippen LogP contribution in [0.2, 0.25) is 0 Å². The van der Waals surface area contributed by atoms with Gasteiger partial charge in [0.15, 0.2) is 0 Å². The van der Waals surface area contributed by atoms with Gasteiger partial charge in [-0.05, 0) is 0 Å². The number of rotatable bonds is 0. The Labute approximate surface area is 87.3 Å². The van der Waals surface area contributed by atoms with Crippen LogP contribution in [-0.2, 0) is 62.8 Å². The van der Waals surface area contributed by atoms with Crippen LogP contribution >= 0.6 is 0 Å². The SMILES string of the molecule is [Fe].[H-].[H-].[Mg+2].[Zn].[Zr]. The molecule has 0 amide bonds. The van der Waals surface area contributed by atoms with Crippen molar-refractivity contribution in [2.75, 3.05) is 0 Å². The summed E-state index contributed by atoms with van der Waals surface area (Å²) >= 11 is 0. The topological polar surface area (TPSA) is 0 Å². The molecule has 0 bridgehead atoms. The first-order valence-electron chi connectivity index (χ1n) is 0. The molecule has 0 aromatic carbocycles. The van der Waals surface area contributed by atoms with Crippen LogP contribution in [0.1, 0.15) is 2.85 Å². The molecular weight excluding hydrogens is 237 g/mol. The van der Waals surface area contributed by atoms with E-state index in [0.717, 1.165) is 0 Å². The van der Waals surface area contributed by atoms with Gasteiger partial charge in [-0.15, -0.1) is 0 Å². The Morgan fingerprint density at radius 3 is 1.25 bits per heavy atom. The standard InChI is InChI=1S/Fe.Mg.Zn.Zr.2H/q;+2;;;2*-1. The van der Waals surface area contributed by atoms with E-state index < -0.39 is 0 Å². The van der Waals surface area contributed by atoms with Gasteiger partial charge in [0.05, 0.1) is 0 Å². The Morgan fingerprint density at radius 1 is 1.25 bits per heavy atom. The maximum atomic E-state index is 0. The van der Waals surface area contributed by atoms with Crippen LogP contribution in [-0.4, -0.2) is 23.1 Å². The summed E-state index contributed by atoms with van der Waals surface area (Å²) in [4.78, 5) is 0. The first-order valence-corrected chi connectivity index (χ1v) is 0. The predicted molar refractivity (Wildman–Crippen MR) is 7.98 cm³/mol. The molecule has 0 aliphatic heterocycles. The van der Waals surface area contributed by atoms with Gasteiger partial charge in [-0.1, -0.05) is 0 Å². The van der Waals surface area contributed by atoms with Crippen molar-refractivity contribution in [2.24, 2.45) is 0 Å². The van der Waals surface area contributed by atoms with Crippen LogP contribution in [0.3, 0.4) is 0 Å². The molecule has 4 heteroatoms. The minimum Gasteiger partial charge on any atom is -1.00 e. The second-order valence-corrected chi connectivity index (χ2v) is 0. The summed E-state index contributed by atoms with van der Waals surface area (Å²) in [6.07, 6.45) is 0.